The van der Waals surface area contributed by atoms with Gasteiger partial charge in [-0.25, -0.2) is 0 Å². The minimum Gasteiger partial charge on any atom is -0.493 e. The van der Waals surface area contributed by atoms with Crippen molar-refractivity contribution in [2.24, 2.45) is 0 Å². The number of benzene rings is 1. The first kappa shape index (κ1) is 17.3. The summed E-state index contributed by atoms with van der Waals surface area (Å²) in [6.45, 7) is 7.69. The molecule has 118 valence electrons. The average Bonchev–Trinajstić information content (AvgIpc) is 2.45. The number of hydrogen-bond acceptors (Lipinski definition) is 4. The maximum absolute atomic E-state index is 11.6. The van der Waals surface area contributed by atoms with Crippen LogP contribution in [0, 0.1) is 0 Å². The zero-order valence-electron chi connectivity index (χ0n) is 13.4. The van der Waals surface area contributed by atoms with Crippen molar-refractivity contribution < 1.29 is 14.3 Å². The van der Waals surface area contributed by atoms with E-state index >= 15 is 0 Å². The molecule has 21 heavy (non-hydrogen) atoms. The predicted octanol–water partition coefficient (Wildman–Crippen LogP) is 2.10. The number of rotatable bonds is 9. The molecule has 5 nitrogen and oxygen atoms in total. The highest BCUT2D eigenvalue weighted by molar-refractivity contribution is 5.77. The molecule has 0 bridgehead atoms. The van der Waals surface area contributed by atoms with Gasteiger partial charge in [0.2, 0.25) is 0 Å². The van der Waals surface area contributed by atoms with Crippen LogP contribution in [0.5, 0.6) is 11.5 Å². The summed E-state index contributed by atoms with van der Waals surface area (Å²) in [6.07, 6.45) is 1.09. The van der Waals surface area contributed by atoms with Gasteiger partial charge in [0, 0.05) is 12.6 Å². The molecule has 0 spiro atoms. The van der Waals surface area contributed by atoms with Crippen LogP contribution in [0.2, 0.25) is 0 Å². The fraction of sp³-hybridized carbons (Fsp3) is 0.562. The van der Waals surface area contributed by atoms with Gasteiger partial charge in [-0.1, -0.05) is 13.0 Å². The first-order chi connectivity index (χ1) is 10.1. The second-order valence-corrected chi connectivity index (χ2v) is 5.17. The molecule has 0 aliphatic heterocycles. The Kier molecular flexibility index (Phi) is 7.61. The molecule has 0 saturated heterocycles. The molecule has 1 aromatic carbocycles. The topological polar surface area (TPSA) is 59.6 Å². The maximum Gasteiger partial charge on any atom is 0.258 e. The molecule has 0 radical (unpaired) electrons. The van der Waals surface area contributed by atoms with Crippen LogP contribution in [0.4, 0.5) is 0 Å². The highest BCUT2D eigenvalue weighted by Gasteiger charge is 2.09. The monoisotopic (exact) mass is 294 g/mol. The van der Waals surface area contributed by atoms with E-state index in [4.69, 9.17) is 9.47 Å². The highest BCUT2D eigenvalue weighted by atomic mass is 16.5. The normalized spacial score (nSPS) is 10.5. The smallest absolute Gasteiger partial charge is 0.258 e. The van der Waals surface area contributed by atoms with Gasteiger partial charge in [0.05, 0.1) is 7.11 Å². The van der Waals surface area contributed by atoms with Crippen molar-refractivity contribution in [1.29, 1.82) is 0 Å². The lowest BCUT2D eigenvalue weighted by Gasteiger charge is -2.13. The van der Waals surface area contributed by atoms with E-state index in [2.05, 4.69) is 17.6 Å². The summed E-state index contributed by atoms with van der Waals surface area (Å²) in [5.74, 6) is 1.08. The summed E-state index contributed by atoms with van der Waals surface area (Å²) in [5, 5.41) is 6.12. The molecule has 0 aliphatic carbocycles. The lowest BCUT2D eigenvalue weighted by atomic mass is 10.2. The van der Waals surface area contributed by atoms with Gasteiger partial charge in [-0.15, -0.1) is 0 Å². The van der Waals surface area contributed by atoms with Crippen LogP contribution in [0.15, 0.2) is 18.2 Å². The van der Waals surface area contributed by atoms with Crippen LogP contribution in [-0.2, 0) is 11.3 Å². The van der Waals surface area contributed by atoms with E-state index in [-0.39, 0.29) is 18.6 Å². The lowest BCUT2D eigenvalue weighted by molar-refractivity contribution is -0.123. The number of nitrogens with one attached hydrogen (secondary N) is 2. The van der Waals surface area contributed by atoms with E-state index in [0.717, 1.165) is 25.1 Å². The number of carbonyl (C=O) groups is 1. The summed E-state index contributed by atoms with van der Waals surface area (Å²) in [7, 11) is 1.59. The number of carbonyl (C=O) groups excluding carboxylic acids is 1. The van der Waals surface area contributed by atoms with Gasteiger partial charge in [0.15, 0.2) is 18.1 Å². The molecule has 0 heterocycles. The largest absolute Gasteiger partial charge is 0.493 e. The van der Waals surface area contributed by atoms with Crippen molar-refractivity contribution in [2.75, 3.05) is 20.3 Å². The summed E-state index contributed by atoms with van der Waals surface area (Å²) < 4.78 is 10.8. The number of amides is 1. The molecule has 5 heteroatoms. The Bertz CT molecular complexity index is 447. The summed E-state index contributed by atoms with van der Waals surface area (Å²) in [5.41, 5.74) is 1.10. The van der Waals surface area contributed by atoms with Crippen LogP contribution in [0.1, 0.15) is 32.8 Å². The quantitative estimate of drug-likeness (QED) is 0.685. The van der Waals surface area contributed by atoms with E-state index < -0.39 is 0 Å². The van der Waals surface area contributed by atoms with Gasteiger partial charge in [-0.2, -0.15) is 0 Å². The molecular formula is C16H26N2O3. The molecule has 0 aliphatic rings. The van der Waals surface area contributed by atoms with E-state index in [9.17, 15) is 4.79 Å². The fourth-order valence-electron chi connectivity index (χ4n) is 1.86. The molecule has 2 N–H and O–H groups in total. The minimum absolute atomic E-state index is 0.0135. The third-order valence-corrected chi connectivity index (χ3v) is 2.79. The van der Waals surface area contributed by atoms with E-state index in [1.165, 1.54) is 0 Å². The first-order valence-electron chi connectivity index (χ1n) is 7.36. The number of hydrogen-bond donors (Lipinski definition) is 2. The Hall–Kier alpha value is -1.75. The Balaban J connectivity index is 2.64. The van der Waals surface area contributed by atoms with Crippen LogP contribution >= 0.6 is 0 Å². The van der Waals surface area contributed by atoms with Crippen molar-refractivity contribution in [2.45, 2.75) is 39.8 Å². The van der Waals surface area contributed by atoms with Gasteiger partial charge in [-0.3, -0.25) is 4.79 Å². The SMILES string of the molecule is CCCNCc1ccc(OC)c(OCC(=O)NC(C)C)c1. The third-order valence-electron chi connectivity index (χ3n) is 2.79. The second-order valence-electron chi connectivity index (χ2n) is 5.17. The van der Waals surface area contributed by atoms with Crippen LogP contribution in [-0.4, -0.2) is 32.2 Å². The Morgan fingerprint density at radius 1 is 1.29 bits per heavy atom. The van der Waals surface area contributed by atoms with Crippen LogP contribution in [0.3, 0.4) is 0 Å². The standard InChI is InChI=1S/C16H26N2O3/c1-5-8-17-10-13-6-7-14(20-4)15(9-13)21-11-16(19)18-12(2)3/h6-7,9,12,17H,5,8,10-11H2,1-4H3,(H,18,19). The predicted molar refractivity (Wildman–Crippen MR) is 83.8 cm³/mol. The van der Waals surface area contributed by atoms with Gasteiger partial charge in [0.25, 0.3) is 5.91 Å². The molecule has 1 amide bonds. The second kappa shape index (κ2) is 9.23. The third kappa shape index (κ3) is 6.49. The van der Waals surface area contributed by atoms with Crippen molar-refractivity contribution in [1.82, 2.24) is 10.6 Å². The summed E-state index contributed by atoms with van der Waals surface area (Å²) in [6, 6.07) is 5.86. The van der Waals surface area contributed by atoms with Crippen molar-refractivity contribution >= 4 is 5.91 Å². The molecule has 0 atom stereocenters. The molecular weight excluding hydrogens is 268 g/mol. The van der Waals surface area contributed by atoms with E-state index in [0.29, 0.717) is 11.5 Å². The van der Waals surface area contributed by atoms with E-state index in [1.54, 1.807) is 7.11 Å². The van der Waals surface area contributed by atoms with Gasteiger partial charge in [0.1, 0.15) is 0 Å². The minimum atomic E-state index is -0.137. The van der Waals surface area contributed by atoms with Crippen molar-refractivity contribution in [3.05, 3.63) is 23.8 Å². The van der Waals surface area contributed by atoms with Gasteiger partial charge in [-0.05, 0) is 44.5 Å². The maximum atomic E-state index is 11.6. The highest BCUT2D eigenvalue weighted by Crippen LogP contribution is 2.28. The zero-order valence-corrected chi connectivity index (χ0v) is 13.4. The van der Waals surface area contributed by atoms with E-state index in [1.807, 2.05) is 32.0 Å². The molecule has 1 rings (SSSR count). The average molecular weight is 294 g/mol. The van der Waals surface area contributed by atoms with Crippen molar-refractivity contribution in [3.8, 4) is 11.5 Å². The Labute approximate surface area is 127 Å². The lowest BCUT2D eigenvalue weighted by Crippen LogP contribution is -2.34. The molecule has 0 fully saturated rings. The zero-order chi connectivity index (χ0) is 15.7. The molecule has 0 unspecified atom stereocenters. The van der Waals surface area contributed by atoms with Gasteiger partial charge < -0.3 is 20.1 Å². The number of ether oxygens (including phenoxy) is 2. The fourth-order valence-corrected chi connectivity index (χ4v) is 1.86. The van der Waals surface area contributed by atoms with Crippen molar-refractivity contribution in [3.63, 3.8) is 0 Å². The molecule has 1 aromatic rings. The first-order valence-corrected chi connectivity index (χ1v) is 7.36. The molecule has 0 aromatic heterocycles. The summed E-state index contributed by atoms with van der Waals surface area (Å²) >= 11 is 0. The van der Waals surface area contributed by atoms with Crippen LogP contribution < -0.4 is 20.1 Å². The Morgan fingerprint density at radius 3 is 2.67 bits per heavy atom. The Morgan fingerprint density at radius 2 is 2.05 bits per heavy atom. The van der Waals surface area contributed by atoms with Gasteiger partial charge >= 0.3 is 0 Å². The number of methoxy groups -OCH3 is 1. The summed E-state index contributed by atoms with van der Waals surface area (Å²) in [4.78, 5) is 11.6. The van der Waals surface area contributed by atoms with Crippen LogP contribution in [0.25, 0.3) is 0 Å². The molecule has 0 saturated carbocycles.